The number of ketones is 1. The first kappa shape index (κ1) is 22.3. The minimum atomic E-state index is -4.59. The highest BCUT2D eigenvalue weighted by Crippen LogP contribution is 2.29. The molecule has 2 aromatic carbocycles. The summed E-state index contributed by atoms with van der Waals surface area (Å²) in [4.78, 5) is 20.4. The lowest BCUT2D eigenvalue weighted by Gasteiger charge is -2.10. The summed E-state index contributed by atoms with van der Waals surface area (Å²) in [6, 6.07) is 8.30. The first-order chi connectivity index (χ1) is 15.6. The Morgan fingerprint density at radius 2 is 1.76 bits per heavy atom. The smallest absolute Gasteiger partial charge is 0.267 e. The third-order valence-electron chi connectivity index (χ3n) is 5.00. The molecule has 2 heterocycles. The standard InChI is InChI=1S/C22H19F2N5O3S/c1-12(2)29-10-15(18-21(25)26-11-27-22(18)29)19(30)13-5-3-6-14(9-13)28-33(31,32)20-16(23)7-4-8-17(20)24/h3-12,28H,1-2H3,(H2,25,26,27). The predicted octanol–water partition coefficient (Wildman–Crippen LogP) is 3.90. The van der Waals surface area contributed by atoms with Gasteiger partial charge in [-0.1, -0.05) is 18.2 Å². The Kier molecular flexibility index (Phi) is 5.58. The van der Waals surface area contributed by atoms with Gasteiger partial charge in [-0.3, -0.25) is 9.52 Å². The second kappa shape index (κ2) is 8.24. The molecule has 0 bridgehead atoms. The van der Waals surface area contributed by atoms with Crippen LogP contribution < -0.4 is 10.5 Å². The van der Waals surface area contributed by atoms with Gasteiger partial charge in [-0.15, -0.1) is 0 Å². The molecule has 4 rings (SSSR count). The van der Waals surface area contributed by atoms with Crippen LogP contribution in [0.25, 0.3) is 11.0 Å². The number of hydrogen-bond acceptors (Lipinski definition) is 6. The van der Waals surface area contributed by atoms with E-state index in [4.69, 9.17) is 5.73 Å². The molecule has 11 heteroatoms. The summed E-state index contributed by atoms with van der Waals surface area (Å²) in [5.41, 5.74) is 6.85. The lowest BCUT2D eigenvalue weighted by Crippen LogP contribution is -2.16. The average molecular weight is 471 g/mol. The van der Waals surface area contributed by atoms with E-state index in [0.29, 0.717) is 11.0 Å². The van der Waals surface area contributed by atoms with Crippen molar-refractivity contribution >= 4 is 38.3 Å². The zero-order valence-electron chi connectivity index (χ0n) is 17.6. The van der Waals surface area contributed by atoms with Crippen LogP contribution in [0.5, 0.6) is 0 Å². The number of nitrogen functional groups attached to an aromatic ring is 1. The zero-order chi connectivity index (χ0) is 23.9. The van der Waals surface area contributed by atoms with Crippen LogP contribution in [-0.4, -0.2) is 28.7 Å². The topological polar surface area (TPSA) is 120 Å². The summed E-state index contributed by atoms with van der Waals surface area (Å²) in [7, 11) is -4.59. The molecular weight excluding hydrogens is 452 g/mol. The highest BCUT2D eigenvalue weighted by molar-refractivity contribution is 7.92. The quantitative estimate of drug-likeness (QED) is 0.412. The SMILES string of the molecule is CC(C)n1cc(C(=O)c2cccc(NS(=O)(=O)c3c(F)cccc3F)c2)c2c(N)ncnc21. The highest BCUT2D eigenvalue weighted by atomic mass is 32.2. The van der Waals surface area contributed by atoms with Gasteiger partial charge < -0.3 is 10.3 Å². The van der Waals surface area contributed by atoms with Crippen LogP contribution in [0.4, 0.5) is 20.3 Å². The molecule has 8 nitrogen and oxygen atoms in total. The molecule has 170 valence electrons. The Balaban J connectivity index is 1.74. The largest absolute Gasteiger partial charge is 0.383 e. The van der Waals surface area contributed by atoms with Gasteiger partial charge in [-0.2, -0.15) is 0 Å². The number of rotatable bonds is 6. The van der Waals surface area contributed by atoms with E-state index in [2.05, 4.69) is 14.7 Å². The number of halogens is 2. The number of benzene rings is 2. The van der Waals surface area contributed by atoms with E-state index in [0.717, 1.165) is 18.2 Å². The molecule has 0 amide bonds. The van der Waals surface area contributed by atoms with Crippen LogP contribution >= 0.6 is 0 Å². The highest BCUT2D eigenvalue weighted by Gasteiger charge is 2.25. The van der Waals surface area contributed by atoms with Crippen molar-refractivity contribution in [2.75, 3.05) is 10.5 Å². The minimum Gasteiger partial charge on any atom is -0.383 e. The van der Waals surface area contributed by atoms with E-state index in [1.165, 1.54) is 30.6 Å². The van der Waals surface area contributed by atoms with Gasteiger partial charge in [0.05, 0.1) is 10.9 Å². The molecule has 0 saturated heterocycles. The predicted molar refractivity (Wildman–Crippen MR) is 119 cm³/mol. The van der Waals surface area contributed by atoms with E-state index in [-0.39, 0.29) is 28.7 Å². The van der Waals surface area contributed by atoms with Crippen molar-refractivity contribution in [2.24, 2.45) is 0 Å². The van der Waals surface area contributed by atoms with Crippen LogP contribution in [0.3, 0.4) is 0 Å². The maximum absolute atomic E-state index is 14.0. The van der Waals surface area contributed by atoms with Crippen molar-refractivity contribution in [3.63, 3.8) is 0 Å². The van der Waals surface area contributed by atoms with Gasteiger partial charge in [-0.25, -0.2) is 27.2 Å². The fraction of sp³-hybridized carbons (Fsp3) is 0.136. The van der Waals surface area contributed by atoms with Gasteiger partial charge in [0.1, 0.15) is 29.4 Å². The van der Waals surface area contributed by atoms with Crippen LogP contribution in [0.1, 0.15) is 35.8 Å². The summed E-state index contributed by atoms with van der Waals surface area (Å²) in [5, 5.41) is 0.385. The maximum atomic E-state index is 14.0. The Morgan fingerprint density at radius 3 is 2.42 bits per heavy atom. The first-order valence-electron chi connectivity index (χ1n) is 9.82. The van der Waals surface area contributed by atoms with Crippen LogP contribution in [0.15, 0.2) is 59.9 Å². The van der Waals surface area contributed by atoms with E-state index in [9.17, 15) is 22.0 Å². The number of sulfonamides is 1. The Hall–Kier alpha value is -3.86. The molecule has 4 aromatic rings. The first-order valence-corrected chi connectivity index (χ1v) is 11.3. The van der Waals surface area contributed by atoms with E-state index in [1.54, 1.807) is 10.8 Å². The van der Waals surface area contributed by atoms with Crippen molar-refractivity contribution in [1.29, 1.82) is 0 Å². The molecule has 0 spiro atoms. The molecule has 0 aliphatic carbocycles. The number of nitrogens with zero attached hydrogens (tertiary/aromatic N) is 3. The Morgan fingerprint density at radius 1 is 1.09 bits per heavy atom. The van der Waals surface area contributed by atoms with Gasteiger partial charge >= 0.3 is 0 Å². The van der Waals surface area contributed by atoms with Crippen molar-refractivity contribution in [3.05, 3.63) is 77.8 Å². The number of carbonyl (C=O) groups excluding carboxylic acids is 1. The van der Waals surface area contributed by atoms with Crippen molar-refractivity contribution < 1.29 is 22.0 Å². The number of hydrogen-bond donors (Lipinski definition) is 2. The summed E-state index contributed by atoms with van der Waals surface area (Å²) < 4.78 is 57.0. The lowest BCUT2D eigenvalue weighted by atomic mass is 10.0. The van der Waals surface area contributed by atoms with E-state index < -0.39 is 32.3 Å². The molecule has 0 unspecified atom stereocenters. The van der Waals surface area contributed by atoms with Crippen LogP contribution in [0.2, 0.25) is 0 Å². The van der Waals surface area contributed by atoms with Gasteiger partial charge in [0.15, 0.2) is 10.7 Å². The number of nitrogens with one attached hydrogen (secondary N) is 1. The molecule has 3 N–H and O–H groups in total. The molecule has 0 saturated carbocycles. The summed E-state index contributed by atoms with van der Waals surface area (Å²) in [6.07, 6.45) is 2.93. The summed E-state index contributed by atoms with van der Waals surface area (Å²) >= 11 is 0. The van der Waals surface area contributed by atoms with Crippen molar-refractivity contribution in [1.82, 2.24) is 14.5 Å². The maximum Gasteiger partial charge on any atom is 0.267 e. The Labute approximate surface area is 188 Å². The fourth-order valence-electron chi connectivity index (χ4n) is 3.50. The second-order valence-corrected chi connectivity index (χ2v) is 9.19. The summed E-state index contributed by atoms with van der Waals surface area (Å²) in [6.45, 7) is 3.84. The molecule has 0 atom stereocenters. The number of aromatic nitrogens is 3. The number of carbonyl (C=O) groups is 1. The number of anilines is 2. The van der Waals surface area contributed by atoms with Gasteiger partial charge in [-0.05, 0) is 38.1 Å². The molecule has 0 aliphatic rings. The van der Waals surface area contributed by atoms with Crippen LogP contribution in [0, 0.1) is 11.6 Å². The lowest BCUT2D eigenvalue weighted by molar-refractivity contribution is 0.104. The molecular formula is C22H19F2N5O3S. The van der Waals surface area contributed by atoms with Gasteiger partial charge in [0.25, 0.3) is 10.0 Å². The Bertz CT molecular complexity index is 1480. The molecule has 0 radical (unpaired) electrons. The van der Waals surface area contributed by atoms with Crippen molar-refractivity contribution in [2.45, 2.75) is 24.8 Å². The minimum absolute atomic E-state index is 0.0165. The van der Waals surface area contributed by atoms with E-state index >= 15 is 0 Å². The normalized spacial score (nSPS) is 11.8. The van der Waals surface area contributed by atoms with Gasteiger partial charge in [0, 0.05) is 23.5 Å². The zero-order valence-corrected chi connectivity index (χ0v) is 18.4. The van der Waals surface area contributed by atoms with Crippen LogP contribution in [-0.2, 0) is 10.0 Å². The number of fused-ring (bicyclic) bond motifs is 1. The third-order valence-corrected chi connectivity index (χ3v) is 6.44. The number of nitrogens with two attached hydrogens (primary N) is 1. The monoisotopic (exact) mass is 471 g/mol. The molecule has 33 heavy (non-hydrogen) atoms. The fourth-order valence-corrected chi connectivity index (χ4v) is 4.69. The second-order valence-electron chi connectivity index (χ2n) is 7.57. The third kappa shape index (κ3) is 4.02. The van der Waals surface area contributed by atoms with E-state index in [1.807, 2.05) is 13.8 Å². The molecule has 0 aliphatic heterocycles. The van der Waals surface area contributed by atoms with Crippen molar-refractivity contribution in [3.8, 4) is 0 Å². The molecule has 0 fully saturated rings. The van der Waals surface area contributed by atoms with Gasteiger partial charge in [0.2, 0.25) is 0 Å². The summed E-state index contributed by atoms with van der Waals surface area (Å²) in [5.74, 6) is -2.77. The molecule has 2 aromatic heterocycles. The average Bonchev–Trinajstić information content (AvgIpc) is 3.14.